The highest BCUT2D eigenvalue weighted by atomic mass is 16.2. The van der Waals surface area contributed by atoms with Crippen LogP contribution in [-0.4, -0.2) is 58.4 Å². The Labute approximate surface area is 161 Å². The molecule has 144 valence electrons. The first-order chi connectivity index (χ1) is 13.2. The molecule has 0 saturated carbocycles. The summed E-state index contributed by atoms with van der Waals surface area (Å²) in [7, 11) is 0. The minimum atomic E-state index is 0.102. The lowest BCUT2D eigenvalue weighted by molar-refractivity contribution is 0.0654. The third-order valence-electron chi connectivity index (χ3n) is 6.30. The second-order valence-electron chi connectivity index (χ2n) is 8.10. The second kappa shape index (κ2) is 8.26. The van der Waals surface area contributed by atoms with Crippen molar-refractivity contribution in [1.82, 2.24) is 19.8 Å². The van der Waals surface area contributed by atoms with E-state index in [2.05, 4.69) is 45.2 Å². The predicted octanol–water partition coefficient (Wildman–Crippen LogP) is 3.13. The Balaban J connectivity index is 1.22. The largest absolute Gasteiger partial charge is 0.338 e. The van der Waals surface area contributed by atoms with E-state index in [4.69, 9.17) is 0 Å². The van der Waals surface area contributed by atoms with Gasteiger partial charge < -0.3 is 14.8 Å². The molecule has 4 rings (SSSR count). The first-order valence-electron chi connectivity index (χ1n) is 10.3. The van der Waals surface area contributed by atoms with E-state index < -0.39 is 0 Å². The Morgan fingerprint density at radius 1 is 1.11 bits per heavy atom. The molecule has 1 aromatic heterocycles. The summed E-state index contributed by atoms with van der Waals surface area (Å²) in [6.07, 6.45) is 6.38. The van der Waals surface area contributed by atoms with Gasteiger partial charge in [0.05, 0.1) is 6.20 Å². The molecule has 2 aliphatic rings. The van der Waals surface area contributed by atoms with Crippen molar-refractivity contribution in [2.75, 3.05) is 32.7 Å². The van der Waals surface area contributed by atoms with Crippen LogP contribution in [0.2, 0.25) is 0 Å². The molecule has 2 aromatic rings. The van der Waals surface area contributed by atoms with Crippen molar-refractivity contribution in [2.24, 2.45) is 11.8 Å². The lowest BCUT2D eigenvalue weighted by Crippen LogP contribution is -2.40. The average molecular weight is 367 g/mol. The molecule has 3 heterocycles. The van der Waals surface area contributed by atoms with Crippen LogP contribution in [-0.2, 0) is 6.42 Å². The minimum Gasteiger partial charge on any atom is -0.338 e. The number of hydrogen-bond donors (Lipinski definition) is 1. The van der Waals surface area contributed by atoms with Gasteiger partial charge >= 0.3 is 0 Å². The Bertz CT molecular complexity index is 749. The fourth-order valence-electron chi connectivity index (χ4n) is 4.66. The Kier molecular flexibility index (Phi) is 5.58. The molecule has 5 nitrogen and oxygen atoms in total. The number of carbonyl (C=O) groups is 1. The molecule has 2 aliphatic heterocycles. The average Bonchev–Trinajstić information content (AvgIpc) is 3.36. The van der Waals surface area contributed by atoms with Crippen molar-refractivity contribution in [1.29, 1.82) is 0 Å². The summed E-state index contributed by atoms with van der Waals surface area (Å²) in [4.78, 5) is 24.4. The zero-order valence-corrected chi connectivity index (χ0v) is 16.2. The SMILES string of the molecule is Cc1ncc(C(=O)N2CCC(C3CCN(CCc4ccccc4)C3)CC2)[nH]1. The van der Waals surface area contributed by atoms with Crippen molar-refractivity contribution in [3.05, 3.63) is 53.6 Å². The first kappa shape index (κ1) is 18.2. The molecule has 0 radical (unpaired) electrons. The van der Waals surface area contributed by atoms with Gasteiger partial charge in [-0.2, -0.15) is 0 Å². The van der Waals surface area contributed by atoms with Gasteiger partial charge in [0.15, 0.2) is 0 Å². The van der Waals surface area contributed by atoms with Crippen molar-refractivity contribution < 1.29 is 4.79 Å². The van der Waals surface area contributed by atoms with E-state index >= 15 is 0 Å². The number of likely N-dealkylation sites (tertiary alicyclic amines) is 2. The summed E-state index contributed by atoms with van der Waals surface area (Å²) in [5, 5.41) is 0. The normalized spacial score (nSPS) is 21.7. The number of hydrogen-bond acceptors (Lipinski definition) is 3. The summed E-state index contributed by atoms with van der Waals surface area (Å²) in [6.45, 7) is 7.25. The van der Waals surface area contributed by atoms with Gasteiger partial charge in [-0.05, 0) is 56.6 Å². The molecule has 0 spiro atoms. The van der Waals surface area contributed by atoms with Crippen LogP contribution < -0.4 is 0 Å². The molecule has 5 heteroatoms. The minimum absolute atomic E-state index is 0.102. The Hall–Kier alpha value is -2.14. The summed E-state index contributed by atoms with van der Waals surface area (Å²) < 4.78 is 0. The van der Waals surface area contributed by atoms with Crippen molar-refractivity contribution in [3.8, 4) is 0 Å². The predicted molar refractivity (Wildman–Crippen MR) is 107 cm³/mol. The van der Waals surface area contributed by atoms with E-state index in [-0.39, 0.29) is 5.91 Å². The van der Waals surface area contributed by atoms with Crippen LogP contribution >= 0.6 is 0 Å². The van der Waals surface area contributed by atoms with Crippen LogP contribution in [0.3, 0.4) is 0 Å². The maximum Gasteiger partial charge on any atom is 0.271 e. The molecule has 0 bridgehead atoms. The highest BCUT2D eigenvalue weighted by Crippen LogP contribution is 2.32. The summed E-state index contributed by atoms with van der Waals surface area (Å²) in [5.41, 5.74) is 2.06. The first-order valence-corrected chi connectivity index (χ1v) is 10.3. The maximum absolute atomic E-state index is 12.6. The topological polar surface area (TPSA) is 52.2 Å². The standard InChI is InChI=1S/C22H30N4O/c1-17-23-15-21(24-17)22(27)26-13-9-19(10-14-26)20-8-12-25(16-20)11-7-18-5-3-2-4-6-18/h2-6,15,19-20H,7-14,16H2,1H3,(H,23,24). The van der Waals surface area contributed by atoms with Gasteiger partial charge in [0.1, 0.15) is 11.5 Å². The quantitative estimate of drug-likeness (QED) is 0.884. The van der Waals surface area contributed by atoms with Gasteiger partial charge in [0.2, 0.25) is 0 Å². The lowest BCUT2D eigenvalue weighted by Gasteiger charge is -2.34. The van der Waals surface area contributed by atoms with Crippen molar-refractivity contribution in [3.63, 3.8) is 0 Å². The maximum atomic E-state index is 12.6. The van der Waals surface area contributed by atoms with Crippen LogP contribution in [0.25, 0.3) is 0 Å². The smallest absolute Gasteiger partial charge is 0.271 e. The van der Waals surface area contributed by atoms with Gasteiger partial charge in [0, 0.05) is 26.2 Å². The molecule has 1 amide bonds. The number of aromatic amines is 1. The molecule has 2 fully saturated rings. The number of aromatic nitrogens is 2. The number of carbonyl (C=O) groups excluding carboxylic acids is 1. The molecule has 2 saturated heterocycles. The van der Waals surface area contributed by atoms with Crippen LogP contribution in [0.4, 0.5) is 0 Å². The van der Waals surface area contributed by atoms with Crippen LogP contribution in [0.1, 0.15) is 41.1 Å². The molecule has 1 N–H and O–H groups in total. The number of nitrogens with zero attached hydrogens (tertiary/aromatic N) is 3. The van der Waals surface area contributed by atoms with E-state index in [0.717, 1.165) is 56.6 Å². The molecule has 1 aromatic carbocycles. The molecular weight excluding hydrogens is 336 g/mol. The van der Waals surface area contributed by atoms with Gasteiger partial charge in [-0.3, -0.25) is 4.79 Å². The zero-order valence-electron chi connectivity index (χ0n) is 16.2. The number of nitrogens with one attached hydrogen (secondary N) is 1. The van der Waals surface area contributed by atoms with Crippen LogP contribution in [0.15, 0.2) is 36.5 Å². The number of amides is 1. The molecular formula is C22H30N4O. The number of imidazole rings is 1. The summed E-state index contributed by atoms with van der Waals surface area (Å²) in [6, 6.07) is 10.8. The van der Waals surface area contributed by atoms with E-state index in [1.54, 1.807) is 6.20 Å². The highest BCUT2D eigenvalue weighted by Gasteiger charge is 2.33. The van der Waals surface area contributed by atoms with E-state index in [9.17, 15) is 4.79 Å². The molecule has 1 atom stereocenters. The molecule has 0 aliphatic carbocycles. The third-order valence-corrected chi connectivity index (χ3v) is 6.30. The Morgan fingerprint density at radius 3 is 2.56 bits per heavy atom. The summed E-state index contributed by atoms with van der Waals surface area (Å²) in [5.74, 6) is 2.46. The van der Waals surface area contributed by atoms with Crippen molar-refractivity contribution >= 4 is 5.91 Å². The number of piperidine rings is 1. The monoisotopic (exact) mass is 366 g/mol. The van der Waals surface area contributed by atoms with Crippen LogP contribution in [0.5, 0.6) is 0 Å². The molecule has 1 unspecified atom stereocenters. The number of H-pyrrole nitrogens is 1. The van der Waals surface area contributed by atoms with Gasteiger partial charge in [-0.1, -0.05) is 30.3 Å². The lowest BCUT2D eigenvalue weighted by atomic mass is 9.83. The second-order valence-corrected chi connectivity index (χ2v) is 8.10. The number of benzene rings is 1. The van der Waals surface area contributed by atoms with Gasteiger partial charge in [0.25, 0.3) is 5.91 Å². The van der Waals surface area contributed by atoms with E-state index in [1.807, 2.05) is 11.8 Å². The number of rotatable bonds is 5. The van der Waals surface area contributed by atoms with E-state index in [1.165, 1.54) is 25.1 Å². The summed E-state index contributed by atoms with van der Waals surface area (Å²) >= 11 is 0. The fraction of sp³-hybridized carbons (Fsp3) is 0.545. The van der Waals surface area contributed by atoms with E-state index in [0.29, 0.717) is 5.69 Å². The zero-order chi connectivity index (χ0) is 18.6. The Morgan fingerprint density at radius 2 is 1.85 bits per heavy atom. The van der Waals surface area contributed by atoms with Crippen molar-refractivity contribution in [2.45, 2.75) is 32.6 Å². The highest BCUT2D eigenvalue weighted by molar-refractivity contribution is 5.92. The van der Waals surface area contributed by atoms with Gasteiger partial charge in [-0.15, -0.1) is 0 Å². The third kappa shape index (κ3) is 4.41. The molecule has 27 heavy (non-hydrogen) atoms. The fourth-order valence-corrected chi connectivity index (χ4v) is 4.66. The number of aryl methyl sites for hydroxylation is 1. The van der Waals surface area contributed by atoms with Crippen LogP contribution in [0, 0.1) is 18.8 Å². The van der Waals surface area contributed by atoms with Gasteiger partial charge in [-0.25, -0.2) is 4.98 Å².